The number of nitrogens with one attached hydrogen (secondary N) is 1. The first-order chi connectivity index (χ1) is 5.88. The number of ether oxygens (including phenoxy) is 1. The molecule has 0 radical (unpaired) electrons. The van der Waals surface area contributed by atoms with Crippen LogP contribution in [0.4, 0.5) is 0 Å². The fourth-order valence-corrected chi connectivity index (χ4v) is 1.46. The Bertz CT molecular complexity index is 196. The number of carbonyl (C=O) groups is 1. The molecule has 0 aromatic heterocycles. The lowest BCUT2D eigenvalue weighted by Gasteiger charge is -2.22. The van der Waals surface area contributed by atoms with Gasteiger partial charge in [-0.25, -0.2) is 0 Å². The molecule has 1 N–H and O–H groups in total. The van der Waals surface area contributed by atoms with Crippen LogP contribution in [0.25, 0.3) is 0 Å². The molecule has 0 amide bonds. The van der Waals surface area contributed by atoms with E-state index < -0.39 is 0 Å². The van der Waals surface area contributed by atoms with Crippen molar-refractivity contribution in [2.75, 3.05) is 6.54 Å². The minimum atomic E-state index is -0.370. The van der Waals surface area contributed by atoms with E-state index in [2.05, 4.69) is 12.2 Å². The SMILES string of the molecule is C[C@H]1CNC(C(=O)OC(C)(C)C)C1. The first-order valence-corrected chi connectivity index (χ1v) is 4.85. The van der Waals surface area contributed by atoms with Crippen molar-refractivity contribution in [2.45, 2.75) is 45.8 Å². The van der Waals surface area contributed by atoms with E-state index in [-0.39, 0.29) is 17.6 Å². The van der Waals surface area contributed by atoms with Gasteiger partial charge in [0.15, 0.2) is 0 Å². The van der Waals surface area contributed by atoms with E-state index in [0.717, 1.165) is 13.0 Å². The lowest BCUT2D eigenvalue weighted by atomic mass is 10.1. The van der Waals surface area contributed by atoms with Crippen LogP contribution in [0.1, 0.15) is 34.1 Å². The van der Waals surface area contributed by atoms with Gasteiger partial charge in [-0.05, 0) is 39.7 Å². The molecule has 0 aromatic rings. The molecule has 1 unspecified atom stereocenters. The molecule has 1 rings (SSSR count). The Morgan fingerprint density at radius 3 is 2.46 bits per heavy atom. The van der Waals surface area contributed by atoms with Crippen LogP contribution in [0.15, 0.2) is 0 Å². The Kier molecular flexibility index (Phi) is 2.96. The van der Waals surface area contributed by atoms with Gasteiger partial charge in [0.2, 0.25) is 0 Å². The molecule has 1 saturated heterocycles. The van der Waals surface area contributed by atoms with Crippen molar-refractivity contribution in [3.05, 3.63) is 0 Å². The summed E-state index contributed by atoms with van der Waals surface area (Å²) in [6.45, 7) is 8.73. The maximum absolute atomic E-state index is 11.5. The van der Waals surface area contributed by atoms with E-state index in [1.165, 1.54) is 0 Å². The van der Waals surface area contributed by atoms with E-state index in [0.29, 0.717) is 5.92 Å². The van der Waals surface area contributed by atoms with Gasteiger partial charge < -0.3 is 10.1 Å². The molecule has 3 heteroatoms. The minimum absolute atomic E-state index is 0.0887. The van der Waals surface area contributed by atoms with Crippen LogP contribution >= 0.6 is 0 Å². The van der Waals surface area contributed by atoms with Crippen LogP contribution in [0.2, 0.25) is 0 Å². The fraction of sp³-hybridized carbons (Fsp3) is 0.900. The van der Waals surface area contributed by atoms with E-state index in [9.17, 15) is 4.79 Å². The molecule has 3 nitrogen and oxygen atoms in total. The number of esters is 1. The Morgan fingerprint density at radius 1 is 1.46 bits per heavy atom. The number of hydrogen-bond donors (Lipinski definition) is 1. The first kappa shape index (κ1) is 10.5. The summed E-state index contributed by atoms with van der Waals surface area (Å²) in [7, 11) is 0. The zero-order chi connectivity index (χ0) is 10.1. The van der Waals surface area contributed by atoms with Crippen molar-refractivity contribution in [3.8, 4) is 0 Å². The van der Waals surface area contributed by atoms with Crippen molar-refractivity contribution in [1.82, 2.24) is 5.32 Å². The number of hydrogen-bond acceptors (Lipinski definition) is 3. The predicted molar refractivity (Wildman–Crippen MR) is 51.4 cm³/mol. The Hall–Kier alpha value is -0.570. The normalized spacial score (nSPS) is 28.9. The van der Waals surface area contributed by atoms with Crippen LogP contribution in [0.3, 0.4) is 0 Å². The summed E-state index contributed by atoms with van der Waals surface area (Å²) < 4.78 is 5.27. The molecule has 1 aliphatic rings. The fourth-order valence-electron chi connectivity index (χ4n) is 1.46. The quantitative estimate of drug-likeness (QED) is 0.626. The van der Waals surface area contributed by atoms with Gasteiger partial charge in [0, 0.05) is 0 Å². The molecule has 0 aliphatic carbocycles. The number of carbonyl (C=O) groups excluding carboxylic acids is 1. The van der Waals surface area contributed by atoms with Crippen molar-refractivity contribution < 1.29 is 9.53 Å². The molecule has 0 bridgehead atoms. The van der Waals surface area contributed by atoms with Crippen molar-refractivity contribution in [1.29, 1.82) is 0 Å². The molecule has 13 heavy (non-hydrogen) atoms. The third kappa shape index (κ3) is 3.35. The summed E-state index contributed by atoms with van der Waals surface area (Å²) >= 11 is 0. The molecular weight excluding hydrogens is 166 g/mol. The summed E-state index contributed by atoms with van der Waals surface area (Å²) in [5.41, 5.74) is -0.370. The van der Waals surface area contributed by atoms with Gasteiger partial charge in [-0.15, -0.1) is 0 Å². The predicted octanol–water partition coefficient (Wildman–Crippen LogP) is 1.33. The summed E-state index contributed by atoms with van der Waals surface area (Å²) in [4.78, 5) is 11.5. The average Bonchev–Trinajstić information content (AvgIpc) is 2.31. The molecule has 1 fully saturated rings. The topological polar surface area (TPSA) is 38.3 Å². The highest BCUT2D eigenvalue weighted by atomic mass is 16.6. The Balaban J connectivity index is 2.41. The lowest BCUT2D eigenvalue weighted by molar-refractivity contribution is -0.157. The number of rotatable bonds is 1. The van der Waals surface area contributed by atoms with E-state index in [1.54, 1.807) is 0 Å². The Morgan fingerprint density at radius 2 is 2.08 bits per heavy atom. The summed E-state index contributed by atoms with van der Waals surface area (Å²) in [6, 6.07) is -0.0887. The maximum atomic E-state index is 11.5. The van der Waals surface area contributed by atoms with Gasteiger partial charge in [-0.1, -0.05) is 6.92 Å². The van der Waals surface area contributed by atoms with Crippen LogP contribution < -0.4 is 5.32 Å². The first-order valence-electron chi connectivity index (χ1n) is 4.85. The Labute approximate surface area is 79.8 Å². The van der Waals surface area contributed by atoms with Gasteiger partial charge in [0.05, 0.1) is 0 Å². The lowest BCUT2D eigenvalue weighted by Crippen LogP contribution is -2.37. The summed E-state index contributed by atoms with van der Waals surface area (Å²) in [5, 5.41) is 3.15. The van der Waals surface area contributed by atoms with Crippen molar-refractivity contribution >= 4 is 5.97 Å². The zero-order valence-corrected chi connectivity index (χ0v) is 8.89. The zero-order valence-electron chi connectivity index (χ0n) is 8.89. The van der Waals surface area contributed by atoms with Gasteiger partial charge >= 0.3 is 5.97 Å². The minimum Gasteiger partial charge on any atom is -0.459 e. The molecule has 1 aliphatic heterocycles. The smallest absolute Gasteiger partial charge is 0.323 e. The molecule has 0 aromatic carbocycles. The third-order valence-electron chi connectivity index (χ3n) is 2.04. The van der Waals surface area contributed by atoms with Crippen LogP contribution in [0, 0.1) is 5.92 Å². The molecule has 76 valence electrons. The van der Waals surface area contributed by atoms with Crippen LogP contribution in [-0.4, -0.2) is 24.2 Å². The second-order valence-corrected chi connectivity index (χ2v) is 4.84. The van der Waals surface area contributed by atoms with Crippen molar-refractivity contribution in [2.24, 2.45) is 5.92 Å². The van der Waals surface area contributed by atoms with Gasteiger partial charge in [0.25, 0.3) is 0 Å². The molecule has 2 atom stereocenters. The van der Waals surface area contributed by atoms with Crippen molar-refractivity contribution in [3.63, 3.8) is 0 Å². The highest BCUT2D eigenvalue weighted by molar-refractivity contribution is 5.76. The average molecular weight is 185 g/mol. The second-order valence-electron chi connectivity index (χ2n) is 4.84. The molecule has 1 heterocycles. The highest BCUT2D eigenvalue weighted by Crippen LogP contribution is 2.16. The van der Waals surface area contributed by atoms with Crippen LogP contribution in [0.5, 0.6) is 0 Å². The maximum Gasteiger partial charge on any atom is 0.323 e. The second kappa shape index (κ2) is 3.66. The van der Waals surface area contributed by atoms with Crippen LogP contribution in [-0.2, 0) is 9.53 Å². The molecule has 0 spiro atoms. The highest BCUT2D eigenvalue weighted by Gasteiger charge is 2.30. The van der Waals surface area contributed by atoms with Gasteiger partial charge in [0.1, 0.15) is 11.6 Å². The summed E-state index contributed by atoms with van der Waals surface area (Å²) in [5.74, 6) is 0.467. The third-order valence-corrected chi connectivity index (χ3v) is 2.04. The van der Waals surface area contributed by atoms with E-state index in [4.69, 9.17) is 4.74 Å². The van der Waals surface area contributed by atoms with E-state index in [1.807, 2.05) is 20.8 Å². The van der Waals surface area contributed by atoms with E-state index >= 15 is 0 Å². The molecular formula is C10H19NO2. The monoisotopic (exact) mass is 185 g/mol. The molecule has 0 saturated carbocycles. The standard InChI is InChI=1S/C10H19NO2/c1-7-5-8(11-6-7)9(12)13-10(2,3)4/h7-8,11H,5-6H2,1-4H3/t7-,8?/m1/s1. The summed E-state index contributed by atoms with van der Waals surface area (Å²) in [6.07, 6.45) is 0.898. The van der Waals surface area contributed by atoms with Gasteiger partial charge in [-0.3, -0.25) is 4.79 Å². The largest absolute Gasteiger partial charge is 0.459 e. The van der Waals surface area contributed by atoms with Gasteiger partial charge in [-0.2, -0.15) is 0 Å².